The number of piperidine rings is 1. The van der Waals surface area contributed by atoms with E-state index in [1.165, 1.54) is 18.9 Å². The molecule has 2 aromatic rings. The Morgan fingerprint density at radius 3 is 1.98 bits per heavy atom. The molecule has 4 rings (SSSR count). The summed E-state index contributed by atoms with van der Waals surface area (Å²) in [5, 5.41) is 0. The Kier molecular flexibility index (Phi) is 9.39. The lowest BCUT2D eigenvalue weighted by atomic mass is 9.88. The molecule has 2 aromatic carbocycles. The van der Waals surface area contributed by atoms with Crippen LogP contribution in [-0.2, 0) is 17.1 Å². The van der Waals surface area contributed by atoms with Gasteiger partial charge in [-0.1, -0.05) is 23.8 Å². The van der Waals surface area contributed by atoms with Gasteiger partial charge in [0.25, 0.3) is 0 Å². The number of amides is 3. The van der Waals surface area contributed by atoms with Crippen LogP contribution in [0, 0.1) is 13.8 Å². The molecule has 2 aliphatic heterocycles. The predicted octanol–water partition coefficient (Wildman–Crippen LogP) is 6.82. The van der Waals surface area contributed by atoms with E-state index in [4.69, 9.17) is 0 Å². The smallest absolute Gasteiger partial charge is 0.340 e. The van der Waals surface area contributed by atoms with Crippen LogP contribution < -0.4 is 0 Å². The fraction of sp³-hybridized carbons (Fsp3) is 0.548. The number of urea groups is 1. The number of alkyl halides is 6. The number of hydrogen-bond acceptors (Lipinski definition) is 3. The number of hydrogen-bond donors (Lipinski definition) is 0. The van der Waals surface area contributed by atoms with Gasteiger partial charge in [0, 0.05) is 52.7 Å². The maximum atomic E-state index is 14.0. The molecule has 3 atom stereocenters. The number of piperazine rings is 1. The highest BCUT2D eigenvalue weighted by Gasteiger charge is 2.40. The van der Waals surface area contributed by atoms with Gasteiger partial charge in [-0.15, -0.1) is 0 Å². The molecule has 236 valence electrons. The molecule has 0 N–H and O–H groups in total. The lowest BCUT2D eigenvalue weighted by molar-refractivity contribution is -0.143. The summed E-state index contributed by atoms with van der Waals surface area (Å²) in [6.45, 7) is 9.96. The van der Waals surface area contributed by atoms with Gasteiger partial charge in [0.05, 0.1) is 23.2 Å². The second-order valence-electron chi connectivity index (χ2n) is 11.7. The Hall–Kier alpha value is -3.28. The number of benzene rings is 2. The van der Waals surface area contributed by atoms with Crippen molar-refractivity contribution in [1.82, 2.24) is 19.6 Å². The molecular weight excluding hydrogens is 574 g/mol. The Morgan fingerprint density at radius 2 is 1.47 bits per heavy atom. The first-order chi connectivity index (χ1) is 20.0. The van der Waals surface area contributed by atoms with Gasteiger partial charge in [-0.05, 0) is 68.5 Å². The largest absolute Gasteiger partial charge is 0.416 e. The molecule has 0 aliphatic carbocycles. The predicted molar refractivity (Wildman–Crippen MR) is 150 cm³/mol. The first-order valence-corrected chi connectivity index (χ1v) is 14.4. The molecule has 0 saturated carbocycles. The number of carbonyl (C=O) groups excluding carboxylic acids is 2. The second-order valence-corrected chi connectivity index (χ2v) is 11.7. The lowest BCUT2D eigenvalue weighted by Gasteiger charge is -2.47. The number of aryl methyl sites for hydroxylation is 2. The van der Waals surface area contributed by atoms with Crippen LogP contribution in [0.15, 0.2) is 36.4 Å². The molecule has 2 fully saturated rings. The van der Waals surface area contributed by atoms with E-state index in [0.29, 0.717) is 57.7 Å². The van der Waals surface area contributed by atoms with Crippen LogP contribution in [0.4, 0.5) is 31.1 Å². The monoisotopic (exact) mass is 612 g/mol. The number of carbonyl (C=O) groups is 2. The van der Waals surface area contributed by atoms with Crippen molar-refractivity contribution < 1.29 is 35.9 Å². The third kappa shape index (κ3) is 7.27. The van der Waals surface area contributed by atoms with Crippen molar-refractivity contribution in [3.63, 3.8) is 0 Å². The molecule has 0 radical (unpaired) electrons. The standard InChI is InChI=1S/C31H38F6N4O2/c1-19-6-7-27(20(2)14-19)28-18-26(40-12-10-39(11-13-40)22(4)42)8-9-41(28)29(43)38(5)21(3)23-15-24(30(32,33)34)17-25(16-23)31(35,36)37/h6-7,14-17,21,26,28H,8-13,18H2,1-5H3. The van der Waals surface area contributed by atoms with Crippen molar-refractivity contribution in [3.8, 4) is 0 Å². The zero-order chi connectivity index (χ0) is 31.9. The van der Waals surface area contributed by atoms with E-state index >= 15 is 0 Å². The SMILES string of the molecule is CC(=O)N1CCN(C2CCN(C(=O)N(C)C(C)c3cc(C(F)(F)F)cc(C(F)(F)F)c3)C(c3ccc(C)cc3C)C2)CC1. The molecule has 12 heteroatoms. The minimum Gasteiger partial charge on any atom is -0.340 e. The third-order valence-corrected chi connectivity index (χ3v) is 8.86. The fourth-order valence-electron chi connectivity index (χ4n) is 6.22. The van der Waals surface area contributed by atoms with E-state index < -0.39 is 35.6 Å². The van der Waals surface area contributed by atoms with E-state index in [1.807, 2.05) is 36.9 Å². The molecule has 2 heterocycles. The highest BCUT2D eigenvalue weighted by molar-refractivity contribution is 5.76. The van der Waals surface area contributed by atoms with E-state index in [-0.39, 0.29) is 29.6 Å². The van der Waals surface area contributed by atoms with Crippen LogP contribution in [-0.4, -0.2) is 77.4 Å². The average molecular weight is 613 g/mol. The average Bonchev–Trinajstić information content (AvgIpc) is 2.94. The van der Waals surface area contributed by atoms with Crippen LogP contribution >= 0.6 is 0 Å². The van der Waals surface area contributed by atoms with E-state index in [9.17, 15) is 35.9 Å². The van der Waals surface area contributed by atoms with E-state index in [0.717, 1.165) is 16.7 Å². The van der Waals surface area contributed by atoms with Crippen molar-refractivity contribution in [2.24, 2.45) is 0 Å². The molecule has 2 aliphatic rings. The van der Waals surface area contributed by atoms with Crippen molar-refractivity contribution >= 4 is 11.9 Å². The zero-order valence-electron chi connectivity index (χ0n) is 25.0. The summed E-state index contributed by atoms with van der Waals surface area (Å²) in [6.07, 6.45) is -8.70. The molecule has 0 bridgehead atoms. The first-order valence-electron chi connectivity index (χ1n) is 14.4. The summed E-state index contributed by atoms with van der Waals surface area (Å²) in [5.41, 5.74) is -0.0756. The summed E-state index contributed by atoms with van der Waals surface area (Å²) < 4.78 is 81.2. The Balaban J connectivity index is 1.62. The van der Waals surface area contributed by atoms with Crippen LogP contribution in [0.1, 0.15) is 72.2 Å². The van der Waals surface area contributed by atoms with Gasteiger partial charge in [-0.3, -0.25) is 9.69 Å². The lowest BCUT2D eigenvalue weighted by Crippen LogP contribution is -2.56. The number of halogens is 6. The summed E-state index contributed by atoms with van der Waals surface area (Å²) in [4.78, 5) is 32.9. The molecule has 43 heavy (non-hydrogen) atoms. The highest BCUT2D eigenvalue weighted by atomic mass is 19.4. The van der Waals surface area contributed by atoms with Crippen LogP contribution in [0.2, 0.25) is 0 Å². The molecule has 2 saturated heterocycles. The Labute approximate surface area is 248 Å². The third-order valence-electron chi connectivity index (χ3n) is 8.86. The molecule has 3 amide bonds. The number of likely N-dealkylation sites (tertiary alicyclic amines) is 1. The summed E-state index contributed by atoms with van der Waals surface area (Å²) >= 11 is 0. The van der Waals surface area contributed by atoms with Gasteiger partial charge in [0.2, 0.25) is 5.91 Å². The van der Waals surface area contributed by atoms with Gasteiger partial charge in [0.15, 0.2) is 0 Å². The quantitative estimate of drug-likeness (QED) is 0.356. The van der Waals surface area contributed by atoms with E-state index in [1.54, 1.807) is 11.8 Å². The highest BCUT2D eigenvalue weighted by Crippen LogP contribution is 2.40. The Morgan fingerprint density at radius 1 is 0.884 bits per heavy atom. The zero-order valence-corrected chi connectivity index (χ0v) is 25.0. The van der Waals surface area contributed by atoms with Crippen LogP contribution in [0.3, 0.4) is 0 Å². The van der Waals surface area contributed by atoms with Crippen molar-refractivity contribution in [2.75, 3.05) is 39.8 Å². The summed E-state index contributed by atoms with van der Waals surface area (Å²) in [5.74, 6) is 0.0357. The summed E-state index contributed by atoms with van der Waals surface area (Å²) in [6, 6.07) is 5.69. The van der Waals surface area contributed by atoms with Gasteiger partial charge in [-0.2, -0.15) is 26.3 Å². The molecular formula is C31H38F6N4O2. The van der Waals surface area contributed by atoms with Crippen molar-refractivity contribution in [2.45, 2.75) is 71.0 Å². The van der Waals surface area contributed by atoms with Gasteiger partial charge >= 0.3 is 18.4 Å². The van der Waals surface area contributed by atoms with Gasteiger partial charge in [-0.25, -0.2) is 4.79 Å². The Bertz CT molecular complexity index is 1300. The maximum Gasteiger partial charge on any atom is 0.416 e. The number of nitrogens with zero attached hydrogens (tertiary/aromatic N) is 4. The minimum absolute atomic E-state index is 0.0357. The van der Waals surface area contributed by atoms with Crippen molar-refractivity contribution in [3.05, 3.63) is 69.8 Å². The number of rotatable bonds is 4. The van der Waals surface area contributed by atoms with Crippen molar-refractivity contribution in [1.29, 1.82) is 0 Å². The van der Waals surface area contributed by atoms with E-state index in [2.05, 4.69) is 4.90 Å². The van der Waals surface area contributed by atoms with Gasteiger partial charge < -0.3 is 14.7 Å². The first kappa shape index (κ1) is 32.6. The molecule has 0 spiro atoms. The fourth-order valence-corrected chi connectivity index (χ4v) is 6.22. The second kappa shape index (κ2) is 12.4. The molecule has 6 nitrogen and oxygen atoms in total. The van der Waals surface area contributed by atoms with Gasteiger partial charge in [0.1, 0.15) is 0 Å². The minimum atomic E-state index is -4.98. The summed E-state index contributed by atoms with van der Waals surface area (Å²) in [7, 11) is 1.41. The van der Waals surface area contributed by atoms with Crippen LogP contribution in [0.5, 0.6) is 0 Å². The topological polar surface area (TPSA) is 47.1 Å². The molecule has 3 unspecified atom stereocenters. The maximum absolute atomic E-state index is 14.0. The van der Waals surface area contributed by atoms with Crippen LogP contribution in [0.25, 0.3) is 0 Å². The normalized spacial score (nSPS) is 21.1. The molecule has 0 aromatic heterocycles.